The van der Waals surface area contributed by atoms with Crippen molar-refractivity contribution in [3.63, 3.8) is 0 Å². The molecule has 0 atom stereocenters. The summed E-state index contributed by atoms with van der Waals surface area (Å²) < 4.78 is 2.41. The Bertz CT molecular complexity index is 1880. The molecule has 1 N–H and O–H groups in total. The van der Waals surface area contributed by atoms with Gasteiger partial charge >= 0.3 is 0 Å². The molecule has 1 aliphatic carbocycles. The quantitative estimate of drug-likeness (QED) is 0.257. The van der Waals surface area contributed by atoms with E-state index in [1.807, 2.05) is 13.8 Å². The Labute approximate surface area is 204 Å². The Morgan fingerprint density at radius 3 is 2.20 bits per heavy atom. The second kappa shape index (κ2) is 7.61. The van der Waals surface area contributed by atoms with Gasteiger partial charge in [-0.1, -0.05) is 74.5 Å². The van der Waals surface area contributed by atoms with Gasteiger partial charge in [0.15, 0.2) is 0 Å². The van der Waals surface area contributed by atoms with E-state index in [0.29, 0.717) is 0 Å². The Morgan fingerprint density at radius 1 is 0.600 bits per heavy atom. The number of fused-ring (bicyclic) bond motifs is 10. The summed E-state index contributed by atoms with van der Waals surface area (Å²) in [5, 5.41) is 5.29. The molecule has 0 spiro atoms. The van der Waals surface area contributed by atoms with Crippen molar-refractivity contribution in [2.45, 2.75) is 20.3 Å². The fraction of sp³-hybridized carbons (Fsp3) is 0.0909. The second-order valence-corrected chi connectivity index (χ2v) is 9.08. The molecule has 0 saturated heterocycles. The molecule has 0 radical (unpaired) electrons. The molecular formula is C33H26N2. The average Bonchev–Trinajstić information content (AvgIpc) is 3.57. The summed E-state index contributed by atoms with van der Waals surface area (Å²) in [4.78, 5) is 3.63. The Kier molecular flexibility index (Phi) is 4.37. The van der Waals surface area contributed by atoms with Crippen LogP contribution < -0.4 is 0 Å². The third kappa shape index (κ3) is 2.77. The standard InChI is InChI=1S/C31H20N2.C2H6/c1-2-8-21(9-3-1)33-28-13-7-5-10-22(28)25-18-24-20(17-29(25)33)16-19-14-15-27-31(30(19)24)23-11-4-6-12-26(23)32-27;1-2/h1-15,17-18,32H,16H2;1-2H3. The van der Waals surface area contributed by atoms with Crippen LogP contribution in [0.4, 0.5) is 0 Å². The van der Waals surface area contributed by atoms with Crippen molar-refractivity contribution >= 4 is 43.6 Å². The average molecular weight is 451 g/mol. The van der Waals surface area contributed by atoms with Crippen LogP contribution in [-0.2, 0) is 6.42 Å². The van der Waals surface area contributed by atoms with Crippen molar-refractivity contribution in [1.82, 2.24) is 9.55 Å². The molecule has 35 heavy (non-hydrogen) atoms. The van der Waals surface area contributed by atoms with Gasteiger partial charge in [-0.25, -0.2) is 0 Å². The van der Waals surface area contributed by atoms with Gasteiger partial charge in [-0.05, 0) is 71.1 Å². The topological polar surface area (TPSA) is 20.7 Å². The second-order valence-electron chi connectivity index (χ2n) is 9.08. The van der Waals surface area contributed by atoms with Crippen LogP contribution in [-0.4, -0.2) is 9.55 Å². The number of rotatable bonds is 1. The van der Waals surface area contributed by atoms with Crippen LogP contribution in [0.1, 0.15) is 25.0 Å². The Balaban J connectivity index is 0.00000103. The first kappa shape index (κ1) is 20.1. The molecule has 0 amide bonds. The molecule has 2 nitrogen and oxygen atoms in total. The van der Waals surface area contributed by atoms with E-state index < -0.39 is 0 Å². The van der Waals surface area contributed by atoms with Crippen LogP contribution in [0.2, 0.25) is 0 Å². The van der Waals surface area contributed by atoms with E-state index in [-0.39, 0.29) is 0 Å². The van der Waals surface area contributed by atoms with E-state index in [9.17, 15) is 0 Å². The van der Waals surface area contributed by atoms with Gasteiger partial charge in [0.05, 0.1) is 11.0 Å². The highest BCUT2D eigenvalue weighted by molar-refractivity contribution is 6.18. The number of para-hydroxylation sites is 3. The lowest BCUT2D eigenvalue weighted by molar-refractivity contribution is 1.17. The number of H-pyrrole nitrogens is 1. The lowest BCUT2D eigenvalue weighted by Crippen LogP contribution is -1.93. The van der Waals surface area contributed by atoms with Gasteiger partial charge in [0.2, 0.25) is 0 Å². The number of aromatic amines is 1. The number of aromatic nitrogens is 2. The Hall–Kier alpha value is -4.30. The normalized spacial score (nSPS) is 12.2. The highest BCUT2D eigenvalue weighted by Crippen LogP contribution is 2.46. The molecule has 2 heterocycles. The van der Waals surface area contributed by atoms with E-state index >= 15 is 0 Å². The monoisotopic (exact) mass is 450 g/mol. The molecule has 2 aromatic heterocycles. The number of hydrogen-bond donors (Lipinski definition) is 1. The van der Waals surface area contributed by atoms with Crippen molar-refractivity contribution in [2.24, 2.45) is 0 Å². The van der Waals surface area contributed by atoms with Crippen molar-refractivity contribution < 1.29 is 0 Å². The summed E-state index contributed by atoms with van der Waals surface area (Å²) in [6.45, 7) is 4.00. The van der Waals surface area contributed by atoms with E-state index in [4.69, 9.17) is 0 Å². The van der Waals surface area contributed by atoms with Crippen LogP contribution in [0.3, 0.4) is 0 Å². The van der Waals surface area contributed by atoms with E-state index in [0.717, 1.165) is 6.42 Å². The first-order valence-corrected chi connectivity index (χ1v) is 12.5. The summed E-state index contributed by atoms with van der Waals surface area (Å²) in [6, 6.07) is 37.6. The zero-order valence-electron chi connectivity index (χ0n) is 20.0. The number of benzene rings is 5. The summed E-state index contributed by atoms with van der Waals surface area (Å²) in [5.41, 5.74) is 11.8. The lowest BCUT2D eigenvalue weighted by atomic mass is 9.98. The number of hydrogen-bond acceptors (Lipinski definition) is 0. The predicted molar refractivity (Wildman–Crippen MR) is 150 cm³/mol. The van der Waals surface area contributed by atoms with Crippen LogP contribution in [0.25, 0.3) is 60.4 Å². The van der Waals surface area contributed by atoms with Crippen molar-refractivity contribution in [3.8, 4) is 16.8 Å². The van der Waals surface area contributed by atoms with E-state index in [2.05, 4.69) is 113 Å². The lowest BCUT2D eigenvalue weighted by Gasteiger charge is -2.09. The molecule has 0 bridgehead atoms. The molecule has 1 aliphatic rings. The zero-order valence-corrected chi connectivity index (χ0v) is 20.0. The maximum absolute atomic E-state index is 3.63. The van der Waals surface area contributed by atoms with Crippen LogP contribution in [0.15, 0.2) is 103 Å². The molecule has 168 valence electrons. The van der Waals surface area contributed by atoms with Gasteiger partial charge in [0, 0.05) is 38.3 Å². The van der Waals surface area contributed by atoms with Gasteiger partial charge in [-0.2, -0.15) is 0 Å². The molecule has 0 saturated carbocycles. The van der Waals surface area contributed by atoms with Gasteiger partial charge in [-0.15, -0.1) is 0 Å². The maximum Gasteiger partial charge on any atom is 0.0544 e. The first-order valence-electron chi connectivity index (χ1n) is 12.5. The van der Waals surface area contributed by atoms with Crippen LogP contribution >= 0.6 is 0 Å². The highest BCUT2D eigenvalue weighted by Gasteiger charge is 2.25. The smallest absolute Gasteiger partial charge is 0.0544 e. The van der Waals surface area contributed by atoms with Crippen molar-refractivity contribution in [2.75, 3.05) is 0 Å². The van der Waals surface area contributed by atoms with Crippen molar-refractivity contribution in [1.29, 1.82) is 0 Å². The van der Waals surface area contributed by atoms with Crippen LogP contribution in [0.5, 0.6) is 0 Å². The largest absolute Gasteiger partial charge is 0.354 e. The predicted octanol–water partition coefficient (Wildman–Crippen LogP) is 9.02. The molecule has 5 aromatic carbocycles. The SMILES string of the molecule is CC.c1ccc(-n2c3ccccc3c3cc4c(cc32)Cc2ccc3[nH]c5ccccc5c3c2-4)cc1. The van der Waals surface area contributed by atoms with E-state index in [1.165, 1.54) is 71.6 Å². The molecule has 0 unspecified atom stereocenters. The molecule has 7 aromatic rings. The number of nitrogens with zero attached hydrogens (tertiary/aromatic N) is 1. The minimum absolute atomic E-state index is 0.979. The summed E-state index contributed by atoms with van der Waals surface area (Å²) in [7, 11) is 0. The minimum atomic E-state index is 0.979. The Morgan fingerprint density at radius 2 is 1.34 bits per heavy atom. The minimum Gasteiger partial charge on any atom is -0.354 e. The molecule has 0 aliphatic heterocycles. The summed E-state index contributed by atoms with van der Waals surface area (Å²) in [5.74, 6) is 0. The van der Waals surface area contributed by atoms with Gasteiger partial charge in [0.1, 0.15) is 0 Å². The summed E-state index contributed by atoms with van der Waals surface area (Å²) >= 11 is 0. The van der Waals surface area contributed by atoms with Gasteiger partial charge in [-0.3, -0.25) is 0 Å². The van der Waals surface area contributed by atoms with Gasteiger partial charge < -0.3 is 9.55 Å². The third-order valence-corrected chi connectivity index (χ3v) is 7.32. The van der Waals surface area contributed by atoms with Crippen LogP contribution in [0, 0.1) is 0 Å². The van der Waals surface area contributed by atoms with Gasteiger partial charge in [0.25, 0.3) is 0 Å². The molecular weight excluding hydrogens is 424 g/mol. The zero-order chi connectivity index (χ0) is 23.5. The number of nitrogens with one attached hydrogen (secondary N) is 1. The fourth-order valence-corrected chi connectivity index (χ4v) is 5.94. The van der Waals surface area contributed by atoms with Crippen molar-refractivity contribution in [3.05, 3.63) is 114 Å². The first-order chi connectivity index (χ1) is 17.4. The fourth-order valence-electron chi connectivity index (χ4n) is 5.94. The van der Waals surface area contributed by atoms with E-state index in [1.54, 1.807) is 0 Å². The highest BCUT2D eigenvalue weighted by atomic mass is 15.0. The molecule has 8 rings (SSSR count). The third-order valence-electron chi connectivity index (χ3n) is 7.32. The molecule has 0 fully saturated rings. The summed E-state index contributed by atoms with van der Waals surface area (Å²) in [6.07, 6.45) is 0.979. The molecule has 2 heteroatoms. The maximum atomic E-state index is 3.63.